The topological polar surface area (TPSA) is 38.7 Å². The standard InChI is InChI=1S/C8H5N3S2/c1-4-9-5-2-3-6-7(8(5)12-4)10-11-13-6/h2-3H,1H3. The molecule has 1 aromatic carbocycles. The summed E-state index contributed by atoms with van der Waals surface area (Å²) in [7, 11) is 0. The summed E-state index contributed by atoms with van der Waals surface area (Å²) in [6.07, 6.45) is 0. The third-order valence-electron chi connectivity index (χ3n) is 1.88. The first kappa shape index (κ1) is 7.34. The monoisotopic (exact) mass is 207 g/mol. The zero-order valence-corrected chi connectivity index (χ0v) is 8.45. The number of hydrogen-bond acceptors (Lipinski definition) is 5. The van der Waals surface area contributed by atoms with E-state index < -0.39 is 0 Å². The Morgan fingerprint density at radius 3 is 3.15 bits per heavy atom. The van der Waals surface area contributed by atoms with Crippen LogP contribution in [0.5, 0.6) is 0 Å². The second kappa shape index (κ2) is 2.46. The van der Waals surface area contributed by atoms with Crippen molar-refractivity contribution >= 4 is 43.3 Å². The molecule has 0 atom stereocenters. The molecule has 0 saturated heterocycles. The summed E-state index contributed by atoms with van der Waals surface area (Å²) in [6.45, 7) is 2.01. The van der Waals surface area contributed by atoms with Gasteiger partial charge in [0.15, 0.2) is 0 Å². The van der Waals surface area contributed by atoms with Gasteiger partial charge >= 0.3 is 0 Å². The van der Waals surface area contributed by atoms with E-state index in [1.165, 1.54) is 11.5 Å². The van der Waals surface area contributed by atoms with Gasteiger partial charge in [0.1, 0.15) is 5.52 Å². The Balaban J connectivity index is 2.64. The van der Waals surface area contributed by atoms with Crippen LogP contribution in [0.1, 0.15) is 5.01 Å². The lowest BCUT2D eigenvalue weighted by molar-refractivity contribution is 1.20. The predicted octanol–water partition coefficient (Wildman–Crippen LogP) is 2.61. The van der Waals surface area contributed by atoms with E-state index in [1.54, 1.807) is 11.3 Å². The van der Waals surface area contributed by atoms with E-state index in [0.717, 1.165) is 25.4 Å². The highest BCUT2D eigenvalue weighted by atomic mass is 32.1. The molecule has 0 unspecified atom stereocenters. The maximum Gasteiger partial charge on any atom is 0.125 e. The van der Waals surface area contributed by atoms with Gasteiger partial charge in [-0.3, -0.25) is 0 Å². The molecule has 2 aromatic heterocycles. The fourth-order valence-electron chi connectivity index (χ4n) is 1.34. The predicted molar refractivity (Wildman–Crippen MR) is 55.3 cm³/mol. The number of aryl methyl sites for hydroxylation is 1. The third-order valence-corrected chi connectivity index (χ3v) is 3.56. The second-order valence-corrected chi connectivity index (χ2v) is 4.76. The average Bonchev–Trinajstić information content (AvgIpc) is 2.65. The number of fused-ring (bicyclic) bond motifs is 3. The summed E-state index contributed by atoms with van der Waals surface area (Å²) < 4.78 is 6.22. The third kappa shape index (κ3) is 0.973. The molecule has 3 aromatic rings. The van der Waals surface area contributed by atoms with Crippen LogP contribution in [0.2, 0.25) is 0 Å². The minimum Gasteiger partial charge on any atom is -0.241 e. The lowest BCUT2D eigenvalue weighted by atomic mass is 10.3. The number of benzene rings is 1. The van der Waals surface area contributed by atoms with Crippen molar-refractivity contribution < 1.29 is 0 Å². The summed E-state index contributed by atoms with van der Waals surface area (Å²) in [5.74, 6) is 0. The molecular formula is C8H5N3S2. The van der Waals surface area contributed by atoms with E-state index in [2.05, 4.69) is 14.6 Å². The van der Waals surface area contributed by atoms with Gasteiger partial charge in [-0.1, -0.05) is 4.49 Å². The number of thiazole rings is 1. The largest absolute Gasteiger partial charge is 0.241 e. The molecule has 0 aliphatic rings. The summed E-state index contributed by atoms with van der Waals surface area (Å²) >= 11 is 3.11. The average molecular weight is 207 g/mol. The molecule has 0 fully saturated rings. The lowest BCUT2D eigenvalue weighted by Gasteiger charge is -1.85. The molecule has 0 amide bonds. The van der Waals surface area contributed by atoms with Gasteiger partial charge < -0.3 is 0 Å². The zero-order valence-electron chi connectivity index (χ0n) is 6.81. The van der Waals surface area contributed by atoms with Crippen LogP contribution < -0.4 is 0 Å². The van der Waals surface area contributed by atoms with E-state index in [9.17, 15) is 0 Å². The Kier molecular flexibility index (Phi) is 1.39. The van der Waals surface area contributed by atoms with E-state index in [-0.39, 0.29) is 0 Å². The Morgan fingerprint density at radius 2 is 2.23 bits per heavy atom. The van der Waals surface area contributed by atoms with Crippen LogP contribution in [0, 0.1) is 6.92 Å². The highest BCUT2D eigenvalue weighted by molar-refractivity contribution is 7.20. The van der Waals surface area contributed by atoms with Gasteiger partial charge in [-0.25, -0.2) is 4.98 Å². The van der Waals surface area contributed by atoms with Gasteiger partial charge in [0, 0.05) is 0 Å². The van der Waals surface area contributed by atoms with Gasteiger partial charge in [0.25, 0.3) is 0 Å². The molecule has 64 valence electrons. The molecular weight excluding hydrogens is 202 g/mol. The van der Waals surface area contributed by atoms with Crippen molar-refractivity contribution in [1.29, 1.82) is 0 Å². The van der Waals surface area contributed by atoms with Gasteiger partial charge in [0.2, 0.25) is 0 Å². The quantitative estimate of drug-likeness (QED) is 0.568. The summed E-state index contributed by atoms with van der Waals surface area (Å²) in [5, 5.41) is 5.18. The van der Waals surface area contributed by atoms with E-state index in [1.807, 2.05) is 19.1 Å². The Bertz CT molecular complexity index is 581. The molecule has 0 spiro atoms. The second-order valence-electron chi connectivity index (χ2n) is 2.77. The highest BCUT2D eigenvalue weighted by Gasteiger charge is 2.07. The van der Waals surface area contributed by atoms with Crippen LogP contribution in [-0.2, 0) is 0 Å². The van der Waals surface area contributed by atoms with Crippen LogP contribution in [0.3, 0.4) is 0 Å². The van der Waals surface area contributed by atoms with Crippen molar-refractivity contribution in [3.8, 4) is 0 Å². The molecule has 0 aliphatic heterocycles. The summed E-state index contributed by atoms with van der Waals surface area (Å²) in [5.41, 5.74) is 2.02. The first-order valence-electron chi connectivity index (χ1n) is 3.83. The number of hydrogen-bond donors (Lipinski definition) is 0. The maximum absolute atomic E-state index is 4.40. The molecule has 0 N–H and O–H groups in total. The SMILES string of the molecule is Cc1nc2ccc3snnc3c2s1. The van der Waals surface area contributed by atoms with Gasteiger partial charge in [0.05, 0.1) is 19.9 Å². The number of nitrogens with zero attached hydrogens (tertiary/aromatic N) is 3. The van der Waals surface area contributed by atoms with Crippen molar-refractivity contribution in [2.24, 2.45) is 0 Å². The van der Waals surface area contributed by atoms with E-state index >= 15 is 0 Å². The normalized spacial score (nSPS) is 11.5. The van der Waals surface area contributed by atoms with Crippen molar-refractivity contribution in [2.45, 2.75) is 6.92 Å². The molecule has 0 bridgehead atoms. The molecule has 13 heavy (non-hydrogen) atoms. The van der Waals surface area contributed by atoms with Crippen LogP contribution in [0.25, 0.3) is 20.4 Å². The number of aromatic nitrogens is 3. The van der Waals surface area contributed by atoms with Crippen LogP contribution in [0.15, 0.2) is 12.1 Å². The summed E-state index contributed by atoms with van der Waals surface area (Å²) in [6, 6.07) is 4.06. The lowest BCUT2D eigenvalue weighted by Crippen LogP contribution is -1.70. The fourth-order valence-corrected chi connectivity index (χ4v) is 2.88. The first-order chi connectivity index (χ1) is 6.34. The minimum absolute atomic E-state index is 0.994. The zero-order chi connectivity index (χ0) is 8.84. The first-order valence-corrected chi connectivity index (χ1v) is 5.42. The Labute approximate surface area is 82.2 Å². The molecule has 3 rings (SSSR count). The highest BCUT2D eigenvalue weighted by Crippen LogP contribution is 2.29. The van der Waals surface area contributed by atoms with Crippen LogP contribution in [0.4, 0.5) is 0 Å². The van der Waals surface area contributed by atoms with E-state index in [0.29, 0.717) is 0 Å². The molecule has 5 heteroatoms. The van der Waals surface area contributed by atoms with Crippen molar-refractivity contribution in [2.75, 3.05) is 0 Å². The van der Waals surface area contributed by atoms with Crippen LogP contribution >= 0.6 is 22.9 Å². The molecule has 2 heterocycles. The van der Waals surface area contributed by atoms with E-state index in [4.69, 9.17) is 0 Å². The van der Waals surface area contributed by atoms with Gasteiger partial charge in [-0.05, 0) is 30.6 Å². The molecule has 0 radical (unpaired) electrons. The Morgan fingerprint density at radius 1 is 1.31 bits per heavy atom. The molecule has 0 saturated carbocycles. The summed E-state index contributed by atoms with van der Waals surface area (Å²) in [4.78, 5) is 4.40. The minimum atomic E-state index is 0.994. The Hall–Kier alpha value is -1.07. The van der Waals surface area contributed by atoms with Crippen molar-refractivity contribution in [3.63, 3.8) is 0 Å². The fraction of sp³-hybridized carbons (Fsp3) is 0.125. The number of rotatable bonds is 0. The van der Waals surface area contributed by atoms with Crippen molar-refractivity contribution in [3.05, 3.63) is 17.1 Å². The van der Waals surface area contributed by atoms with Gasteiger partial charge in [-0.2, -0.15) is 0 Å². The van der Waals surface area contributed by atoms with Crippen LogP contribution in [-0.4, -0.2) is 14.6 Å². The van der Waals surface area contributed by atoms with Gasteiger partial charge in [-0.15, -0.1) is 16.4 Å². The van der Waals surface area contributed by atoms with Crippen molar-refractivity contribution in [1.82, 2.24) is 14.6 Å². The molecule has 3 nitrogen and oxygen atoms in total. The maximum atomic E-state index is 4.40. The molecule has 0 aliphatic carbocycles. The smallest absolute Gasteiger partial charge is 0.125 e.